The van der Waals surface area contributed by atoms with E-state index in [1.54, 1.807) is 37.5 Å². The first-order chi connectivity index (χ1) is 12.7. The third-order valence-electron chi connectivity index (χ3n) is 3.86. The van der Waals surface area contributed by atoms with E-state index in [1.165, 1.54) is 0 Å². The van der Waals surface area contributed by atoms with Crippen LogP contribution in [-0.4, -0.2) is 92.0 Å². The number of carbonyl (C=O) groups is 3. The molecule has 0 aliphatic carbocycles. The minimum absolute atomic E-state index is 0.0215. The van der Waals surface area contributed by atoms with Gasteiger partial charge in [-0.2, -0.15) is 0 Å². The van der Waals surface area contributed by atoms with Gasteiger partial charge < -0.3 is 29.3 Å². The second kappa shape index (κ2) is 11.1. The summed E-state index contributed by atoms with van der Waals surface area (Å²) in [6, 6.07) is -0.357. The van der Waals surface area contributed by atoms with Crippen LogP contribution in [-0.2, 0) is 23.8 Å². The maximum absolute atomic E-state index is 12.4. The molecule has 27 heavy (non-hydrogen) atoms. The molecule has 9 nitrogen and oxygen atoms in total. The molecule has 0 radical (unpaired) electrons. The van der Waals surface area contributed by atoms with Gasteiger partial charge in [0.2, 0.25) is 11.8 Å². The minimum atomic E-state index is -0.597. The van der Waals surface area contributed by atoms with Crippen LogP contribution in [0.1, 0.15) is 34.6 Å². The first kappa shape index (κ1) is 23.2. The number of amides is 3. The zero-order valence-corrected chi connectivity index (χ0v) is 17.1. The molecule has 156 valence electrons. The lowest BCUT2D eigenvalue weighted by Gasteiger charge is -2.41. The SMILES string of the molecule is CCOCC(=O)NC[C@H]1CN(C(=O)OC(C)(C)C)CCN1C(=O)COCC. The van der Waals surface area contributed by atoms with E-state index in [1.807, 2.05) is 6.92 Å². The van der Waals surface area contributed by atoms with Crippen molar-refractivity contribution in [2.24, 2.45) is 0 Å². The fourth-order valence-corrected chi connectivity index (χ4v) is 2.60. The van der Waals surface area contributed by atoms with Crippen LogP contribution < -0.4 is 5.32 Å². The molecule has 3 amide bonds. The smallest absolute Gasteiger partial charge is 0.410 e. The fraction of sp³-hybridized carbons (Fsp3) is 0.833. The van der Waals surface area contributed by atoms with Crippen LogP contribution in [0.4, 0.5) is 4.79 Å². The van der Waals surface area contributed by atoms with Crippen molar-refractivity contribution in [3.05, 3.63) is 0 Å². The molecule has 0 aromatic rings. The summed E-state index contributed by atoms with van der Waals surface area (Å²) in [6.45, 7) is 11.1. The van der Waals surface area contributed by atoms with Crippen molar-refractivity contribution in [2.45, 2.75) is 46.3 Å². The van der Waals surface area contributed by atoms with Gasteiger partial charge in [-0.25, -0.2) is 4.79 Å². The standard InChI is InChI=1S/C18H33N3O6/c1-6-25-12-15(22)19-10-14-11-20(17(24)27-18(3,4)5)8-9-21(14)16(23)13-26-7-2/h14H,6-13H2,1-5H3,(H,19,22)/t14-/m0/s1. The Morgan fingerprint density at radius 1 is 1.04 bits per heavy atom. The molecule has 1 rings (SSSR count). The quantitative estimate of drug-likeness (QED) is 0.656. The van der Waals surface area contributed by atoms with Gasteiger partial charge in [0.15, 0.2) is 0 Å². The maximum atomic E-state index is 12.4. The van der Waals surface area contributed by atoms with Crippen LogP contribution in [0.3, 0.4) is 0 Å². The molecule has 1 aliphatic heterocycles. The van der Waals surface area contributed by atoms with Gasteiger partial charge in [-0.05, 0) is 34.6 Å². The van der Waals surface area contributed by atoms with Gasteiger partial charge in [0.25, 0.3) is 0 Å². The Labute approximate surface area is 161 Å². The molecular weight excluding hydrogens is 354 g/mol. The maximum Gasteiger partial charge on any atom is 0.410 e. The largest absolute Gasteiger partial charge is 0.444 e. The van der Waals surface area contributed by atoms with Crippen LogP contribution in [0.25, 0.3) is 0 Å². The Morgan fingerprint density at radius 3 is 2.26 bits per heavy atom. The van der Waals surface area contributed by atoms with Crippen LogP contribution in [0.15, 0.2) is 0 Å². The van der Waals surface area contributed by atoms with E-state index in [2.05, 4.69) is 5.32 Å². The summed E-state index contributed by atoms with van der Waals surface area (Å²) in [7, 11) is 0. The second-order valence-corrected chi connectivity index (χ2v) is 7.25. The Kier molecular flexibility index (Phi) is 9.51. The summed E-state index contributed by atoms with van der Waals surface area (Å²) in [5.74, 6) is -0.423. The summed E-state index contributed by atoms with van der Waals surface area (Å²) in [5, 5.41) is 2.76. The molecule has 1 heterocycles. The Hall–Kier alpha value is -1.87. The van der Waals surface area contributed by atoms with Gasteiger partial charge in [0.05, 0.1) is 6.04 Å². The number of ether oxygens (including phenoxy) is 3. The van der Waals surface area contributed by atoms with E-state index in [4.69, 9.17) is 14.2 Å². The Bertz CT molecular complexity index is 506. The van der Waals surface area contributed by atoms with Crippen molar-refractivity contribution in [1.29, 1.82) is 0 Å². The van der Waals surface area contributed by atoms with Crippen molar-refractivity contribution >= 4 is 17.9 Å². The lowest BCUT2D eigenvalue weighted by molar-refractivity contribution is -0.141. The molecule has 0 spiro atoms. The summed E-state index contributed by atoms with van der Waals surface area (Å²) >= 11 is 0. The van der Waals surface area contributed by atoms with Crippen LogP contribution in [0, 0.1) is 0 Å². The van der Waals surface area contributed by atoms with E-state index < -0.39 is 11.7 Å². The highest BCUT2D eigenvalue weighted by Gasteiger charge is 2.34. The molecule has 0 saturated carbocycles. The Morgan fingerprint density at radius 2 is 1.67 bits per heavy atom. The van der Waals surface area contributed by atoms with Gasteiger partial charge in [-0.1, -0.05) is 0 Å². The highest BCUT2D eigenvalue weighted by atomic mass is 16.6. The number of hydrogen-bond donors (Lipinski definition) is 1. The number of piperazine rings is 1. The third kappa shape index (κ3) is 8.57. The molecule has 9 heteroatoms. The lowest BCUT2D eigenvalue weighted by Crippen LogP contribution is -2.60. The number of hydrogen-bond acceptors (Lipinski definition) is 6. The average molecular weight is 387 g/mol. The van der Waals surface area contributed by atoms with Gasteiger partial charge >= 0.3 is 6.09 Å². The zero-order valence-electron chi connectivity index (χ0n) is 17.1. The molecule has 1 atom stereocenters. The number of carbonyl (C=O) groups excluding carboxylic acids is 3. The Balaban J connectivity index is 2.73. The molecule has 1 fully saturated rings. The van der Waals surface area contributed by atoms with Gasteiger partial charge in [0, 0.05) is 39.4 Å². The van der Waals surface area contributed by atoms with Gasteiger partial charge in [-0.15, -0.1) is 0 Å². The van der Waals surface area contributed by atoms with Gasteiger partial charge in [0.1, 0.15) is 18.8 Å². The van der Waals surface area contributed by atoms with Crippen molar-refractivity contribution in [3.8, 4) is 0 Å². The molecule has 0 aromatic heterocycles. The van der Waals surface area contributed by atoms with E-state index in [0.29, 0.717) is 26.3 Å². The van der Waals surface area contributed by atoms with Crippen molar-refractivity contribution < 1.29 is 28.6 Å². The topological polar surface area (TPSA) is 97.4 Å². The number of rotatable bonds is 8. The molecule has 1 saturated heterocycles. The molecule has 1 N–H and O–H groups in total. The zero-order chi connectivity index (χ0) is 20.4. The molecular formula is C18H33N3O6. The van der Waals surface area contributed by atoms with E-state index in [9.17, 15) is 14.4 Å². The highest BCUT2D eigenvalue weighted by Crippen LogP contribution is 2.15. The van der Waals surface area contributed by atoms with E-state index >= 15 is 0 Å². The summed E-state index contributed by atoms with van der Waals surface area (Å²) in [6.07, 6.45) is -0.426. The molecule has 0 bridgehead atoms. The number of nitrogens with zero attached hydrogens (tertiary/aromatic N) is 2. The first-order valence-electron chi connectivity index (χ1n) is 9.37. The minimum Gasteiger partial charge on any atom is -0.444 e. The van der Waals surface area contributed by atoms with Crippen molar-refractivity contribution in [1.82, 2.24) is 15.1 Å². The summed E-state index contributed by atoms with van der Waals surface area (Å²) in [4.78, 5) is 39.8. The van der Waals surface area contributed by atoms with Crippen LogP contribution in [0.2, 0.25) is 0 Å². The predicted octanol–water partition coefficient (Wildman–Crippen LogP) is 0.624. The second-order valence-electron chi connectivity index (χ2n) is 7.25. The third-order valence-corrected chi connectivity index (χ3v) is 3.86. The van der Waals surface area contributed by atoms with Crippen LogP contribution in [0.5, 0.6) is 0 Å². The molecule has 0 unspecified atom stereocenters. The van der Waals surface area contributed by atoms with E-state index in [0.717, 1.165) is 0 Å². The fourth-order valence-electron chi connectivity index (χ4n) is 2.60. The highest BCUT2D eigenvalue weighted by molar-refractivity contribution is 5.79. The first-order valence-corrected chi connectivity index (χ1v) is 9.37. The van der Waals surface area contributed by atoms with Crippen molar-refractivity contribution in [3.63, 3.8) is 0 Å². The molecule has 1 aliphatic rings. The van der Waals surface area contributed by atoms with Crippen LogP contribution >= 0.6 is 0 Å². The van der Waals surface area contributed by atoms with E-state index in [-0.39, 0.29) is 44.2 Å². The summed E-state index contributed by atoms with van der Waals surface area (Å²) in [5.41, 5.74) is -0.597. The lowest BCUT2D eigenvalue weighted by atomic mass is 10.1. The average Bonchev–Trinajstić information content (AvgIpc) is 2.60. The monoisotopic (exact) mass is 387 g/mol. The van der Waals surface area contributed by atoms with Gasteiger partial charge in [-0.3, -0.25) is 9.59 Å². The number of nitrogens with one attached hydrogen (secondary N) is 1. The predicted molar refractivity (Wildman–Crippen MR) is 99.3 cm³/mol. The summed E-state index contributed by atoms with van der Waals surface area (Å²) < 4.78 is 15.7. The van der Waals surface area contributed by atoms with Crippen molar-refractivity contribution in [2.75, 3.05) is 52.6 Å². The normalized spacial score (nSPS) is 17.6. The molecule has 0 aromatic carbocycles.